The third kappa shape index (κ3) is 11.2. The molecule has 3 atom stereocenters. The van der Waals surface area contributed by atoms with Crippen LogP contribution in [-0.2, 0) is 21.3 Å². The molecule has 3 aromatic heterocycles. The van der Waals surface area contributed by atoms with Gasteiger partial charge in [0.25, 0.3) is 11.8 Å². The number of benzene rings is 4. The van der Waals surface area contributed by atoms with E-state index in [2.05, 4.69) is 25.8 Å². The number of carbonyl (C=O) groups is 2. The van der Waals surface area contributed by atoms with E-state index >= 15 is 0 Å². The average Bonchev–Trinajstić information content (AvgIpc) is 4.16. The number of thioether (sulfide) groups is 1. The van der Waals surface area contributed by atoms with E-state index in [-0.39, 0.29) is 39.5 Å². The van der Waals surface area contributed by atoms with Gasteiger partial charge in [0.1, 0.15) is 17.3 Å². The molecule has 3 aliphatic heterocycles. The first-order chi connectivity index (χ1) is 35.6. The first-order valence-corrected chi connectivity index (χ1v) is 28.2. The van der Waals surface area contributed by atoms with Gasteiger partial charge in [-0.25, -0.2) is 31.6 Å². The molecule has 20 heteroatoms. The molecule has 2 unspecified atom stereocenters. The Kier molecular flexibility index (Phi) is 15.2. The van der Waals surface area contributed by atoms with Gasteiger partial charge in [-0.3, -0.25) is 20.0 Å². The zero-order valence-corrected chi connectivity index (χ0v) is 44.2. The van der Waals surface area contributed by atoms with E-state index in [4.69, 9.17) is 51.5 Å². The van der Waals surface area contributed by atoms with Crippen LogP contribution in [-0.4, -0.2) is 74.4 Å². The number of hydrazine groups is 1. The molecule has 0 spiro atoms. The van der Waals surface area contributed by atoms with Crippen molar-refractivity contribution in [2.45, 2.75) is 43.7 Å². The quantitative estimate of drug-likeness (QED) is 0.144. The van der Waals surface area contributed by atoms with E-state index in [1.165, 1.54) is 48.2 Å². The minimum Gasteiger partial charge on any atom is -0.343 e. The number of sulfone groups is 1. The lowest BCUT2D eigenvalue weighted by Gasteiger charge is -2.20. The second kappa shape index (κ2) is 21.8. The van der Waals surface area contributed by atoms with Gasteiger partial charge in [0.05, 0.1) is 56.0 Å². The molecular formula is C54H46Cl4F2N8O4S2. The molecule has 6 heterocycles. The molecule has 1 saturated heterocycles. The molecule has 0 bridgehead atoms. The smallest absolute Gasteiger partial charge is 0.284 e. The molecule has 2 N–H and O–H groups in total. The molecule has 380 valence electrons. The molecule has 1 aliphatic carbocycles. The molecule has 11 rings (SSSR count). The number of halogens is 6. The summed E-state index contributed by atoms with van der Waals surface area (Å²) in [6, 6.07) is 26.9. The highest BCUT2D eigenvalue weighted by Gasteiger charge is 2.39. The first kappa shape index (κ1) is 51.6. The van der Waals surface area contributed by atoms with E-state index in [0.717, 1.165) is 41.2 Å². The number of nitrogens with zero attached hydrogens (tertiary/aromatic N) is 6. The van der Waals surface area contributed by atoms with E-state index in [0.29, 0.717) is 72.2 Å². The van der Waals surface area contributed by atoms with Gasteiger partial charge in [0, 0.05) is 52.0 Å². The summed E-state index contributed by atoms with van der Waals surface area (Å²) in [7, 11) is -3.64. The Labute approximate surface area is 450 Å². The third-order valence-electron chi connectivity index (χ3n) is 13.4. The van der Waals surface area contributed by atoms with E-state index in [1.54, 1.807) is 108 Å². The Morgan fingerprint density at radius 2 is 1.34 bits per heavy atom. The SMILES string of the molecule is C[C@@H](NC(=O)c1nn(-c2ccc(Cl)cc2Cl)c2c1CS(=O)(=O)C/C2=C\c1ccc(F)cc1)c1ccccn1.O=C(NN1CC2CCCC2C1)c1c2c(nn1-c1ccc(Cl)cc1Cl)/C(=C/c1ccc(F)cc1)CSC2. The highest BCUT2D eigenvalue weighted by molar-refractivity contribution is 7.99. The van der Waals surface area contributed by atoms with Crippen LogP contribution in [0.15, 0.2) is 109 Å². The monoisotopic (exact) mass is 1110 g/mol. The zero-order chi connectivity index (χ0) is 51.8. The maximum atomic E-state index is 13.8. The molecular weight excluding hydrogens is 1070 g/mol. The lowest BCUT2D eigenvalue weighted by atomic mass is 10.0. The third-order valence-corrected chi connectivity index (χ3v) is 17.0. The number of pyridine rings is 1. The number of aromatic nitrogens is 5. The zero-order valence-electron chi connectivity index (χ0n) is 39.5. The Morgan fingerprint density at radius 1 is 0.730 bits per heavy atom. The lowest BCUT2D eigenvalue weighted by molar-refractivity contribution is 0.0805. The number of rotatable bonds is 9. The fourth-order valence-corrected chi connectivity index (χ4v) is 13.5. The number of nitrogens with one attached hydrogen (secondary N) is 2. The van der Waals surface area contributed by atoms with Gasteiger partial charge in [-0.15, -0.1) is 0 Å². The maximum absolute atomic E-state index is 13.8. The molecule has 2 amide bonds. The van der Waals surface area contributed by atoms with Crippen molar-refractivity contribution in [3.8, 4) is 11.4 Å². The second-order valence-corrected chi connectivity index (χ2v) is 23.3. The molecule has 12 nitrogen and oxygen atoms in total. The summed E-state index contributed by atoms with van der Waals surface area (Å²) in [5, 5.41) is 16.0. The summed E-state index contributed by atoms with van der Waals surface area (Å²) >= 11 is 27.1. The Hall–Kier alpha value is -5.85. The van der Waals surface area contributed by atoms with Gasteiger partial charge >= 0.3 is 0 Å². The van der Waals surface area contributed by atoms with E-state index in [1.807, 2.05) is 12.1 Å². The topological polar surface area (TPSA) is 144 Å². The minimum atomic E-state index is -3.64. The summed E-state index contributed by atoms with van der Waals surface area (Å²) in [6.07, 6.45) is 9.03. The van der Waals surface area contributed by atoms with Gasteiger partial charge in [0.15, 0.2) is 15.5 Å². The van der Waals surface area contributed by atoms with Crippen LogP contribution < -0.4 is 10.7 Å². The van der Waals surface area contributed by atoms with Crippen LogP contribution in [0.2, 0.25) is 20.1 Å². The first-order valence-electron chi connectivity index (χ1n) is 23.7. The fourth-order valence-electron chi connectivity index (χ4n) is 9.97. The molecule has 7 aromatic rings. The van der Waals surface area contributed by atoms with Gasteiger partial charge in [-0.05, 0) is 139 Å². The summed E-state index contributed by atoms with van der Waals surface area (Å²) < 4.78 is 56.1. The molecule has 0 radical (unpaired) electrons. The largest absolute Gasteiger partial charge is 0.343 e. The predicted molar refractivity (Wildman–Crippen MR) is 289 cm³/mol. The number of carbonyl (C=O) groups excluding carboxylic acids is 2. The number of hydrogen-bond donors (Lipinski definition) is 2. The van der Waals surface area contributed by atoms with Gasteiger partial charge < -0.3 is 5.32 Å². The molecule has 4 aliphatic rings. The Balaban J connectivity index is 0.000000169. The summed E-state index contributed by atoms with van der Waals surface area (Å²) in [5.41, 5.74) is 10.5. The van der Waals surface area contributed by atoms with E-state index in [9.17, 15) is 26.8 Å². The molecule has 74 heavy (non-hydrogen) atoms. The van der Waals surface area contributed by atoms with Crippen LogP contribution in [0.1, 0.15) is 92.5 Å². The number of hydrogen-bond acceptors (Lipinski definition) is 9. The summed E-state index contributed by atoms with van der Waals surface area (Å²) in [5.74, 6) is 0.632. The van der Waals surface area contributed by atoms with Crippen molar-refractivity contribution in [1.29, 1.82) is 0 Å². The van der Waals surface area contributed by atoms with Crippen molar-refractivity contribution < 1.29 is 26.8 Å². The summed E-state index contributed by atoms with van der Waals surface area (Å²) in [4.78, 5) is 31.5. The normalized spacial score (nSPS) is 19.3. The average molecular weight is 1110 g/mol. The van der Waals surface area contributed by atoms with Crippen molar-refractivity contribution in [3.05, 3.63) is 192 Å². The van der Waals surface area contributed by atoms with Crippen molar-refractivity contribution in [2.24, 2.45) is 11.8 Å². The number of fused-ring (bicyclic) bond motifs is 3. The van der Waals surface area contributed by atoms with Crippen LogP contribution in [0, 0.1) is 23.5 Å². The van der Waals surface area contributed by atoms with Crippen LogP contribution >= 0.6 is 58.2 Å². The van der Waals surface area contributed by atoms with Gasteiger partial charge in [0.2, 0.25) is 0 Å². The van der Waals surface area contributed by atoms with Crippen LogP contribution in [0.5, 0.6) is 0 Å². The van der Waals surface area contributed by atoms with E-state index < -0.39 is 27.6 Å². The second-order valence-electron chi connectivity index (χ2n) is 18.6. The predicted octanol–water partition coefficient (Wildman–Crippen LogP) is 12.2. The molecule has 2 fully saturated rings. The van der Waals surface area contributed by atoms with Gasteiger partial charge in [-0.2, -0.15) is 22.0 Å². The highest BCUT2D eigenvalue weighted by atomic mass is 35.5. The van der Waals surface area contributed by atoms with Crippen LogP contribution in [0.3, 0.4) is 0 Å². The summed E-state index contributed by atoms with van der Waals surface area (Å²) in [6.45, 7) is 3.55. The van der Waals surface area contributed by atoms with Crippen LogP contribution in [0.25, 0.3) is 34.7 Å². The van der Waals surface area contributed by atoms with Crippen molar-refractivity contribution >= 4 is 103 Å². The van der Waals surface area contributed by atoms with Crippen LogP contribution in [0.4, 0.5) is 8.78 Å². The molecule has 1 saturated carbocycles. The Bertz CT molecular complexity index is 3470. The Morgan fingerprint density at radius 3 is 1.93 bits per heavy atom. The molecule has 4 aromatic carbocycles. The fraction of sp³-hybridized carbons (Fsp3) is 0.241. The minimum absolute atomic E-state index is 0.0397. The van der Waals surface area contributed by atoms with Crippen molar-refractivity contribution in [1.82, 2.24) is 40.3 Å². The lowest BCUT2D eigenvalue weighted by Crippen LogP contribution is -2.42. The van der Waals surface area contributed by atoms with Crippen molar-refractivity contribution in [2.75, 3.05) is 24.6 Å². The highest BCUT2D eigenvalue weighted by Crippen LogP contribution is 2.41. The van der Waals surface area contributed by atoms with Gasteiger partial charge in [-0.1, -0.05) is 83.2 Å². The maximum Gasteiger partial charge on any atom is 0.284 e. The van der Waals surface area contributed by atoms with Crippen molar-refractivity contribution in [3.63, 3.8) is 0 Å². The standard InChI is InChI=1S/C27H21Cl2FN4O3S.C27H25Cl2FN4OS/c1-16(23-4-2-3-11-31-23)32-27(35)25-21-15-38(36,37)14-18(12-17-5-8-20(30)9-6-17)26(21)34(33-25)24-10-7-19(28)13-22(24)29;28-20-6-9-24(23(29)11-20)34-26(27(35)32-33-12-17-2-1-3-18(17)13-33)22-15-36-14-19(25(22)31-34)10-16-4-7-21(30)8-5-16/h2-13,16H,14-15H2,1H3,(H,32,35);4-11,17-18H,1-3,12-15H2,(H,32,35)/b18-12+;19-10+/t16-;/m1./s1. The number of amides is 2.